The molecule has 0 spiro atoms. The fraction of sp³-hybridized carbons (Fsp3) is 0.158. The van der Waals surface area contributed by atoms with Gasteiger partial charge in [-0.2, -0.15) is 0 Å². The third-order valence-corrected chi connectivity index (χ3v) is 6.25. The predicted molar refractivity (Wildman–Crippen MR) is 114 cm³/mol. The van der Waals surface area contributed by atoms with Gasteiger partial charge in [-0.3, -0.25) is 9.59 Å². The zero-order valence-corrected chi connectivity index (χ0v) is 17.3. The minimum absolute atomic E-state index is 0.137. The van der Waals surface area contributed by atoms with Crippen LogP contribution in [-0.2, 0) is 4.79 Å². The van der Waals surface area contributed by atoms with Crippen molar-refractivity contribution in [2.24, 2.45) is 0 Å². The maximum Gasteiger partial charge on any atom is 0.265 e. The fourth-order valence-electron chi connectivity index (χ4n) is 2.59. The van der Waals surface area contributed by atoms with Crippen LogP contribution in [0, 0.1) is 0 Å². The van der Waals surface area contributed by atoms with Crippen LogP contribution in [0.1, 0.15) is 16.6 Å². The van der Waals surface area contributed by atoms with Crippen molar-refractivity contribution in [2.75, 3.05) is 18.4 Å². The lowest BCUT2D eigenvalue weighted by Crippen LogP contribution is -2.37. The van der Waals surface area contributed by atoms with Crippen LogP contribution in [0.2, 0.25) is 15.1 Å². The maximum atomic E-state index is 12.9. The quantitative estimate of drug-likeness (QED) is 0.531. The number of hydrogen-bond donors (Lipinski definition) is 1. The molecule has 0 aliphatic rings. The first kappa shape index (κ1) is 20.0. The number of para-hydroxylation sites is 1. The van der Waals surface area contributed by atoms with E-state index in [9.17, 15) is 9.59 Å². The molecule has 0 bridgehead atoms. The van der Waals surface area contributed by atoms with Crippen LogP contribution in [0.15, 0.2) is 42.5 Å². The molecule has 0 aliphatic carbocycles. The number of nitrogens with one attached hydrogen (secondary N) is 1. The van der Waals surface area contributed by atoms with Crippen LogP contribution in [0.4, 0.5) is 5.69 Å². The van der Waals surface area contributed by atoms with Crippen molar-refractivity contribution in [2.45, 2.75) is 6.92 Å². The van der Waals surface area contributed by atoms with Gasteiger partial charge in [-0.25, -0.2) is 0 Å². The number of halogens is 3. The number of fused-ring (bicyclic) bond motifs is 1. The molecule has 0 saturated heterocycles. The summed E-state index contributed by atoms with van der Waals surface area (Å²) in [5.74, 6) is -0.679. The molecular formula is C19H15Cl3N2O2S. The van der Waals surface area contributed by atoms with E-state index >= 15 is 0 Å². The summed E-state index contributed by atoms with van der Waals surface area (Å²) >= 11 is 19.8. The Labute approximate surface area is 175 Å². The van der Waals surface area contributed by atoms with E-state index < -0.39 is 5.91 Å². The summed E-state index contributed by atoms with van der Waals surface area (Å²) in [6, 6.07) is 12.5. The second kappa shape index (κ2) is 8.48. The fourth-order valence-corrected chi connectivity index (χ4v) is 4.56. The lowest BCUT2D eigenvalue weighted by molar-refractivity contribution is -0.116. The molecule has 1 N–H and O–H groups in total. The lowest BCUT2D eigenvalue weighted by atomic mass is 10.2. The van der Waals surface area contributed by atoms with Gasteiger partial charge < -0.3 is 10.2 Å². The summed E-state index contributed by atoms with van der Waals surface area (Å²) in [6.07, 6.45) is 0. The van der Waals surface area contributed by atoms with Crippen LogP contribution < -0.4 is 5.32 Å². The average Bonchev–Trinajstić information content (AvgIpc) is 2.99. The van der Waals surface area contributed by atoms with E-state index in [1.807, 2.05) is 24.3 Å². The molecule has 27 heavy (non-hydrogen) atoms. The van der Waals surface area contributed by atoms with Gasteiger partial charge in [0.1, 0.15) is 11.4 Å². The minimum Gasteiger partial charge on any atom is -0.329 e. The van der Waals surface area contributed by atoms with Crippen molar-refractivity contribution in [1.29, 1.82) is 0 Å². The Balaban J connectivity index is 1.79. The van der Waals surface area contributed by atoms with Crippen molar-refractivity contribution in [3.05, 3.63) is 62.4 Å². The third kappa shape index (κ3) is 4.22. The van der Waals surface area contributed by atoms with Crippen molar-refractivity contribution in [3.8, 4) is 0 Å². The lowest BCUT2D eigenvalue weighted by Gasteiger charge is -2.20. The molecule has 0 atom stereocenters. The maximum absolute atomic E-state index is 12.9. The molecule has 1 aromatic heterocycles. The third-order valence-electron chi connectivity index (χ3n) is 3.96. The Kier molecular flexibility index (Phi) is 6.27. The Morgan fingerprint density at radius 3 is 2.33 bits per heavy atom. The normalized spacial score (nSPS) is 10.8. The van der Waals surface area contributed by atoms with Gasteiger partial charge in [-0.15, -0.1) is 11.3 Å². The summed E-state index contributed by atoms with van der Waals surface area (Å²) in [5.41, 5.74) is 0.328. The highest BCUT2D eigenvalue weighted by Gasteiger charge is 2.23. The predicted octanol–water partition coefficient (Wildman–Crippen LogP) is 5.96. The second-order valence-corrected chi connectivity index (χ2v) is 7.95. The van der Waals surface area contributed by atoms with E-state index in [4.69, 9.17) is 34.8 Å². The van der Waals surface area contributed by atoms with Crippen LogP contribution in [0.25, 0.3) is 10.1 Å². The molecule has 0 unspecified atom stereocenters. The highest BCUT2D eigenvalue weighted by molar-refractivity contribution is 7.21. The van der Waals surface area contributed by atoms with Gasteiger partial charge in [0.2, 0.25) is 5.91 Å². The molecule has 2 aromatic carbocycles. The van der Waals surface area contributed by atoms with E-state index in [1.165, 1.54) is 16.2 Å². The van der Waals surface area contributed by atoms with Crippen LogP contribution in [-0.4, -0.2) is 29.8 Å². The summed E-state index contributed by atoms with van der Waals surface area (Å²) in [5, 5.41) is 4.57. The van der Waals surface area contributed by atoms with Gasteiger partial charge in [0.05, 0.1) is 20.8 Å². The highest BCUT2D eigenvalue weighted by atomic mass is 35.5. The number of nitrogens with zero attached hydrogens (tertiary/aromatic N) is 1. The number of hydrogen-bond acceptors (Lipinski definition) is 3. The van der Waals surface area contributed by atoms with Gasteiger partial charge in [-0.1, -0.05) is 59.1 Å². The van der Waals surface area contributed by atoms with E-state index in [1.54, 1.807) is 25.1 Å². The molecular weight excluding hydrogens is 427 g/mol. The second-order valence-electron chi connectivity index (χ2n) is 5.71. The molecule has 3 rings (SSSR count). The average molecular weight is 442 g/mol. The Morgan fingerprint density at radius 2 is 1.70 bits per heavy atom. The molecule has 0 radical (unpaired) electrons. The number of benzene rings is 2. The van der Waals surface area contributed by atoms with Crippen molar-refractivity contribution < 1.29 is 9.59 Å². The molecule has 2 amide bonds. The summed E-state index contributed by atoms with van der Waals surface area (Å²) in [7, 11) is 0. The summed E-state index contributed by atoms with van der Waals surface area (Å²) in [6.45, 7) is 2.02. The Hall–Kier alpha value is -1.79. The van der Waals surface area contributed by atoms with E-state index in [-0.39, 0.29) is 12.5 Å². The Bertz CT molecular complexity index is 999. The van der Waals surface area contributed by atoms with Crippen molar-refractivity contribution in [3.63, 3.8) is 0 Å². The van der Waals surface area contributed by atoms with Crippen molar-refractivity contribution >= 4 is 73.7 Å². The highest BCUT2D eigenvalue weighted by Crippen LogP contribution is 2.36. The first-order chi connectivity index (χ1) is 12.9. The number of carbonyl (C=O) groups excluding carboxylic acids is 2. The van der Waals surface area contributed by atoms with Gasteiger partial charge >= 0.3 is 0 Å². The molecule has 4 nitrogen and oxygen atoms in total. The zero-order valence-electron chi connectivity index (χ0n) is 14.3. The van der Waals surface area contributed by atoms with Crippen LogP contribution in [0.5, 0.6) is 0 Å². The molecule has 0 fully saturated rings. The first-order valence-corrected chi connectivity index (χ1v) is 10.1. The molecule has 0 saturated carbocycles. The standard InChI is InChI=1S/C19H15Cl3N2O2S/c1-2-24(10-15(25)23-17-12(20)7-5-8-13(17)21)19(26)18-16(22)11-6-3-4-9-14(11)27-18/h3-9H,2,10H2,1H3,(H,23,25). The molecule has 1 heterocycles. The molecule has 0 aliphatic heterocycles. The summed E-state index contributed by atoms with van der Waals surface area (Å²) in [4.78, 5) is 27.2. The van der Waals surface area contributed by atoms with E-state index in [0.717, 1.165) is 10.1 Å². The number of thiophene rings is 1. The summed E-state index contributed by atoms with van der Waals surface area (Å²) < 4.78 is 0.925. The van der Waals surface area contributed by atoms with Crippen LogP contribution in [0.3, 0.4) is 0 Å². The minimum atomic E-state index is -0.391. The van der Waals surface area contributed by atoms with E-state index in [2.05, 4.69) is 5.32 Å². The number of rotatable bonds is 5. The van der Waals surface area contributed by atoms with E-state index in [0.29, 0.717) is 32.2 Å². The van der Waals surface area contributed by atoms with Gasteiger partial charge in [0.15, 0.2) is 0 Å². The smallest absolute Gasteiger partial charge is 0.265 e. The van der Waals surface area contributed by atoms with Gasteiger partial charge in [0.25, 0.3) is 5.91 Å². The van der Waals surface area contributed by atoms with Gasteiger partial charge in [-0.05, 0) is 25.1 Å². The SMILES string of the molecule is CCN(CC(=O)Nc1c(Cl)cccc1Cl)C(=O)c1sc2ccccc2c1Cl. The Morgan fingerprint density at radius 1 is 1.04 bits per heavy atom. The monoisotopic (exact) mass is 440 g/mol. The largest absolute Gasteiger partial charge is 0.329 e. The zero-order chi connectivity index (χ0) is 19.6. The number of amides is 2. The van der Waals surface area contributed by atoms with Crippen LogP contribution >= 0.6 is 46.1 Å². The topological polar surface area (TPSA) is 49.4 Å². The van der Waals surface area contributed by atoms with Crippen molar-refractivity contribution in [1.82, 2.24) is 4.90 Å². The van der Waals surface area contributed by atoms with Gasteiger partial charge in [0, 0.05) is 16.6 Å². The number of likely N-dealkylation sites (N-methyl/N-ethyl adjacent to an activating group) is 1. The molecule has 3 aromatic rings. The molecule has 140 valence electrons. The number of carbonyl (C=O) groups is 2. The number of anilines is 1. The molecule has 8 heteroatoms. The first-order valence-electron chi connectivity index (χ1n) is 8.12.